The van der Waals surface area contributed by atoms with Crippen molar-refractivity contribution in [3.8, 4) is 44.5 Å². The first-order valence-corrected chi connectivity index (χ1v) is 23.3. The Bertz CT molecular complexity index is 3490. The third-order valence-corrected chi connectivity index (χ3v) is 13.9. The number of hydrogen-bond donors (Lipinski definition) is 0. The zero-order chi connectivity index (χ0) is 44.9. The quantitative estimate of drug-likeness (QED) is 0.143. The standard InChI is InChI=1S/C65H48N2/c1-65(2)61-27-12-11-23-58(61)59-43-42-54(44-62(59)65)67(63-28-13-21-49-20-9-10-22-56(49)63)53-40-34-50(35-41-53)55-24-14-26-60-57(55)25-15-29-64(60)66(51-36-30-47(31-37-51)45-16-5-3-6-17-45)52-38-32-48(33-39-52)46-18-7-4-8-19-46/h3-44H,1-2H3. The predicted octanol–water partition coefficient (Wildman–Crippen LogP) is 18.2. The molecule has 0 aliphatic heterocycles. The summed E-state index contributed by atoms with van der Waals surface area (Å²) in [7, 11) is 0. The summed E-state index contributed by atoms with van der Waals surface area (Å²) in [5.74, 6) is 0. The zero-order valence-corrected chi connectivity index (χ0v) is 37.6. The van der Waals surface area contributed by atoms with E-state index in [4.69, 9.17) is 0 Å². The highest BCUT2D eigenvalue weighted by atomic mass is 15.1. The van der Waals surface area contributed by atoms with Crippen LogP contribution in [0.25, 0.3) is 66.1 Å². The van der Waals surface area contributed by atoms with Crippen molar-refractivity contribution in [2.75, 3.05) is 9.80 Å². The first-order chi connectivity index (χ1) is 33.0. The van der Waals surface area contributed by atoms with E-state index in [0.29, 0.717) is 0 Å². The third kappa shape index (κ3) is 7.06. The largest absolute Gasteiger partial charge is 0.310 e. The van der Waals surface area contributed by atoms with E-state index in [-0.39, 0.29) is 5.41 Å². The molecule has 11 aromatic rings. The van der Waals surface area contributed by atoms with E-state index in [1.165, 1.54) is 77.2 Å². The Balaban J connectivity index is 0.958. The summed E-state index contributed by atoms with van der Waals surface area (Å²) < 4.78 is 0. The first-order valence-electron chi connectivity index (χ1n) is 23.3. The smallest absolute Gasteiger partial charge is 0.0540 e. The molecule has 0 N–H and O–H groups in total. The second-order valence-electron chi connectivity index (χ2n) is 18.1. The molecule has 0 fully saturated rings. The average Bonchev–Trinajstić information content (AvgIpc) is 3.62. The molecule has 0 atom stereocenters. The second kappa shape index (κ2) is 16.5. The Morgan fingerprint density at radius 2 is 0.687 bits per heavy atom. The zero-order valence-electron chi connectivity index (χ0n) is 37.6. The molecule has 0 unspecified atom stereocenters. The van der Waals surface area contributed by atoms with Crippen molar-refractivity contribution < 1.29 is 0 Å². The highest BCUT2D eigenvalue weighted by Gasteiger charge is 2.36. The molecule has 0 bridgehead atoms. The summed E-state index contributed by atoms with van der Waals surface area (Å²) in [5, 5.41) is 4.82. The number of rotatable bonds is 9. The number of nitrogens with zero attached hydrogens (tertiary/aromatic N) is 2. The second-order valence-corrected chi connectivity index (χ2v) is 18.1. The van der Waals surface area contributed by atoms with Gasteiger partial charge in [-0.15, -0.1) is 0 Å². The normalized spacial score (nSPS) is 12.4. The molecule has 12 rings (SSSR count). The van der Waals surface area contributed by atoms with Crippen molar-refractivity contribution in [2.24, 2.45) is 0 Å². The highest BCUT2D eigenvalue weighted by molar-refractivity contribution is 6.06. The Morgan fingerprint density at radius 3 is 1.34 bits per heavy atom. The maximum atomic E-state index is 2.44. The molecule has 0 amide bonds. The van der Waals surface area contributed by atoms with Crippen LogP contribution in [-0.4, -0.2) is 0 Å². The van der Waals surface area contributed by atoms with Crippen molar-refractivity contribution in [3.63, 3.8) is 0 Å². The monoisotopic (exact) mass is 856 g/mol. The molecule has 0 radical (unpaired) electrons. The molecule has 1 aliphatic rings. The summed E-state index contributed by atoms with van der Waals surface area (Å²) >= 11 is 0. The number of hydrogen-bond acceptors (Lipinski definition) is 2. The number of benzene rings is 11. The van der Waals surface area contributed by atoms with Crippen LogP contribution in [0.4, 0.5) is 34.1 Å². The van der Waals surface area contributed by atoms with Crippen LogP contribution < -0.4 is 9.80 Å². The maximum Gasteiger partial charge on any atom is 0.0540 e. The van der Waals surface area contributed by atoms with Crippen LogP contribution in [0.3, 0.4) is 0 Å². The van der Waals surface area contributed by atoms with E-state index >= 15 is 0 Å². The van der Waals surface area contributed by atoms with Gasteiger partial charge in [-0.2, -0.15) is 0 Å². The molecule has 0 spiro atoms. The molecular weight excluding hydrogens is 809 g/mol. The van der Waals surface area contributed by atoms with Crippen LogP contribution in [0.2, 0.25) is 0 Å². The van der Waals surface area contributed by atoms with E-state index in [1.54, 1.807) is 0 Å². The van der Waals surface area contributed by atoms with Gasteiger partial charge in [-0.25, -0.2) is 0 Å². The molecule has 1 aliphatic carbocycles. The van der Waals surface area contributed by atoms with E-state index in [0.717, 1.165) is 34.1 Å². The van der Waals surface area contributed by atoms with Crippen molar-refractivity contribution in [1.29, 1.82) is 0 Å². The summed E-state index contributed by atoms with van der Waals surface area (Å²) in [4.78, 5) is 4.84. The van der Waals surface area contributed by atoms with Gasteiger partial charge >= 0.3 is 0 Å². The van der Waals surface area contributed by atoms with Crippen LogP contribution >= 0.6 is 0 Å². The molecule has 2 heteroatoms. The maximum absolute atomic E-state index is 2.44. The third-order valence-electron chi connectivity index (χ3n) is 13.9. The summed E-state index contributed by atoms with van der Waals surface area (Å²) in [6.07, 6.45) is 0. The van der Waals surface area contributed by atoms with E-state index < -0.39 is 0 Å². The van der Waals surface area contributed by atoms with Crippen LogP contribution in [0.5, 0.6) is 0 Å². The molecule has 67 heavy (non-hydrogen) atoms. The van der Waals surface area contributed by atoms with Gasteiger partial charge in [-0.3, -0.25) is 0 Å². The van der Waals surface area contributed by atoms with Gasteiger partial charge < -0.3 is 9.80 Å². The summed E-state index contributed by atoms with van der Waals surface area (Å²) in [5.41, 5.74) is 19.2. The number of fused-ring (bicyclic) bond motifs is 5. The van der Waals surface area contributed by atoms with Gasteiger partial charge in [0.1, 0.15) is 0 Å². The SMILES string of the molecule is CC1(C)c2ccccc2-c2ccc(N(c3ccc(-c4cccc5c(N(c6ccc(-c7ccccc7)cc6)c6ccc(-c7ccccc7)cc6)cccc45)cc3)c3cccc4ccccc34)cc21. The lowest BCUT2D eigenvalue weighted by molar-refractivity contribution is 0.660. The van der Waals surface area contributed by atoms with E-state index in [1.807, 2.05) is 0 Å². The number of anilines is 6. The van der Waals surface area contributed by atoms with Crippen LogP contribution in [-0.2, 0) is 5.41 Å². The highest BCUT2D eigenvalue weighted by Crippen LogP contribution is 2.51. The minimum absolute atomic E-state index is 0.115. The topological polar surface area (TPSA) is 6.48 Å². The van der Waals surface area contributed by atoms with Gasteiger partial charge in [0, 0.05) is 38.9 Å². The minimum atomic E-state index is -0.115. The Morgan fingerprint density at radius 1 is 0.269 bits per heavy atom. The molecule has 0 saturated carbocycles. The fraction of sp³-hybridized carbons (Fsp3) is 0.0462. The molecule has 318 valence electrons. The average molecular weight is 857 g/mol. The predicted molar refractivity (Wildman–Crippen MR) is 285 cm³/mol. The van der Waals surface area contributed by atoms with Crippen molar-refractivity contribution in [1.82, 2.24) is 0 Å². The lowest BCUT2D eigenvalue weighted by Gasteiger charge is -2.29. The minimum Gasteiger partial charge on any atom is -0.310 e. The lowest BCUT2D eigenvalue weighted by atomic mass is 9.82. The fourth-order valence-corrected chi connectivity index (χ4v) is 10.5. The lowest BCUT2D eigenvalue weighted by Crippen LogP contribution is -2.16. The van der Waals surface area contributed by atoms with Crippen molar-refractivity contribution >= 4 is 55.7 Å². The Kier molecular flexibility index (Phi) is 9.88. The summed E-state index contributed by atoms with van der Waals surface area (Å²) in [6.45, 7) is 4.72. The van der Waals surface area contributed by atoms with Crippen LogP contribution in [0, 0.1) is 0 Å². The van der Waals surface area contributed by atoms with Gasteiger partial charge in [0.25, 0.3) is 0 Å². The fourth-order valence-electron chi connectivity index (χ4n) is 10.5. The Labute approximate surface area is 393 Å². The van der Waals surface area contributed by atoms with Gasteiger partial charge in [-0.1, -0.05) is 208 Å². The molecule has 11 aromatic carbocycles. The molecule has 0 saturated heterocycles. The van der Waals surface area contributed by atoms with Gasteiger partial charge in [0.05, 0.1) is 11.4 Å². The first kappa shape index (κ1) is 40.1. The van der Waals surface area contributed by atoms with Crippen LogP contribution in [0.1, 0.15) is 25.0 Å². The van der Waals surface area contributed by atoms with Gasteiger partial charge in [-0.05, 0) is 127 Å². The molecule has 0 heterocycles. The van der Waals surface area contributed by atoms with E-state index in [2.05, 4.69) is 278 Å². The molecule has 0 aromatic heterocycles. The van der Waals surface area contributed by atoms with Gasteiger partial charge in [0.15, 0.2) is 0 Å². The van der Waals surface area contributed by atoms with Crippen LogP contribution in [0.15, 0.2) is 255 Å². The Hall–Kier alpha value is -8.46. The van der Waals surface area contributed by atoms with Crippen molar-refractivity contribution in [2.45, 2.75) is 19.3 Å². The van der Waals surface area contributed by atoms with E-state index in [9.17, 15) is 0 Å². The van der Waals surface area contributed by atoms with Crippen molar-refractivity contribution in [3.05, 3.63) is 266 Å². The van der Waals surface area contributed by atoms with Gasteiger partial charge in [0.2, 0.25) is 0 Å². The molecule has 2 nitrogen and oxygen atoms in total. The molecular formula is C65H48N2. The summed E-state index contributed by atoms with van der Waals surface area (Å²) in [6, 6.07) is 93.1.